The lowest BCUT2D eigenvalue weighted by Gasteiger charge is -2.30. The van der Waals surface area contributed by atoms with Gasteiger partial charge in [0.15, 0.2) is 6.10 Å². The fourth-order valence-electron chi connectivity index (χ4n) is 2.52. The monoisotopic (exact) mass is 314 g/mol. The summed E-state index contributed by atoms with van der Waals surface area (Å²) in [4.78, 5) is 11.3. The Morgan fingerprint density at radius 2 is 2.00 bits per heavy atom. The SMILES string of the molecule is CC(=O)OC(C/C=C(\C)CCCC(C)CO)C1(C)OCCO1. The Kier molecular flexibility index (Phi) is 8.07. The first-order chi connectivity index (χ1) is 10.4. The first-order valence-electron chi connectivity index (χ1n) is 8.09. The van der Waals surface area contributed by atoms with Crippen molar-refractivity contribution in [3.05, 3.63) is 11.6 Å². The standard InChI is InChI=1S/C17H30O5/c1-13(6-5-7-14(2)12-18)8-9-16(22-15(3)19)17(4)20-10-11-21-17/h8,14,16,18H,5-7,9-12H2,1-4H3/b13-8+. The summed E-state index contributed by atoms with van der Waals surface area (Å²) < 4.78 is 16.6. The molecule has 1 aliphatic heterocycles. The van der Waals surface area contributed by atoms with Crippen LogP contribution in [-0.4, -0.2) is 42.8 Å². The van der Waals surface area contributed by atoms with Gasteiger partial charge >= 0.3 is 5.97 Å². The molecule has 5 heteroatoms. The topological polar surface area (TPSA) is 65.0 Å². The smallest absolute Gasteiger partial charge is 0.303 e. The summed E-state index contributed by atoms with van der Waals surface area (Å²) in [7, 11) is 0. The molecule has 2 unspecified atom stereocenters. The zero-order valence-corrected chi connectivity index (χ0v) is 14.3. The summed E-state index contributed by atoms with van der Waals surface area (Å²) in [5.74, 6) is -0.831. The predicted octanol–water partition coefficient (Wildman–Crippen LogP) is 2.82. The Morgan fingerprint density at radius 3 is 2.55 bits per heavy atom. The van der Waals surface area contributed by atoms with Gasteiger partial charge in [-0.3, -0.25) is 4.79 Å². The van der Waals surface area contributed by atoms with Crippen molar-refractivity contribution in [2.24, 2.45) is 5.92 Å². The average molecular weight is 314 g/mol. The van der Waals surface area contributed by atoms with Crippen molar-refractivity contribution in [3.63, 3.8) is 0 Å². The number of rotatable bonds is 9. The summed E-state index contributed by atoms with van der Waals surface area (Å²) in [6, 6.07) is 0. The number of carbonyl (C=O) groups is 1. The molecule has 5 nitrogen and oxygen atoms in total. The predicted molar refractivity (Wildman–Crippen MR) is 84.3 cm³/mol. The Bertz CT molecular complexity index is 371. The van der Waals surface area contributed by atoms with Gasteiger partial charge in [0.1, 0.15) is 0 Å². The van der Waals surface area contributed by atoms with E-state index in [0.29, 0.717) is 25.6 Å². The van der Waals surface area contributed by atoms with Gasteiger partial charge < -0.3 is 19.3 Å². The molecule has 0 spiro atoms. The van der Waals surface area contributed by atoms with Gasteiger partial charge in [-0.1, -0.05) is 18.6 Å². The van der Waals surface area contributed by atoms with Crippen molar-refractivity contribution in [2.45, 2.75) is 65.3 Å². The molecule has 1 aliphatic rings. The van der Waals surface area contributed by atoms with E-state index in [2.05, 4.69) is 13.0 Å². The molecule has 1 rings (SSSR count). The van der Waals surface area contributed by atoms with E-state index in [0.717, 1.165) is 19.3 Å². The van der Waals surface area contributed by atoms with Crippen molar-refractivity contribution >= 4 is 5.97 Å². The molecular weight excluding hydrogens is 284 g/mol. The van der Waals surface area contributed by atoms with Gasteiger partial charge in [-0.25, -0.2) is 0 Å². The molecule has 22 heavy (non-hydrogen) atoms. The second kappa shape index (κ2) is 9.28. The number of ether oxygens (including phenoxy) is 3. The largest absolute Gasteiger partial charge is 0.456 e. The maximum atomic E-state index is 11.3. The molecule has 128 valence electrons. The molecule has 0 radical (unpaired) electrons. The average Bonchev–Trinajstić information content (AvgIpc) is 2.90. The number of carbonyl (C=O) groups excluding carboxylic acids is 1. The van der Waals surface area contributed by atoms with E-state index in [1.54, 1.807) is 0 Å². The lowest BCUT2D eigenvalue weighted by Crippen LogP contribution is -2.43. The highest BCUT2D eigenvalue weighted by Gasteiger charge is 2.41. The summed E-state index contributed by atoms with van der Waals surface area (Å²) in [6.45, 7) is 8.63. The Balaban J connectivity index is 2.50. The van der Waals surface area contributed by atoms with E-state index >= 15 is 0 Å². The van der Waals surface area contributed by atoms with Crippen LogP contribution in [0, 0.1) is 5.92 Å². The zero-order chi connectivity index (χ0) is 16.6. The lowest BCUT2D eigenvalue weighted by molar-refractivity contribution is -0.220. The molecule has 1 heterocycles. The number of hydrogen-bond acceptors (Lipinski definition) is 5. The summed E-state index contributed by atoms with van der Waals surface area (Å²) in [5, 5.41) is 9.02. The highest BCUT2D eigenvalue weighted by Crippen LogP contribution is 2.28. The van der Waals surface area contributed by atoms with Crippen LogP contribution in [0.15, 0.2) is 11.6 Å². The minimum atomic E-state index is -0.853. The van der Waals surface area contributed by atoms with Crippen LogP contribution in [0.3, 0.4) is 0 Å². The second-order valence-electron chi connectivity index (χ2n) is 6.28. The lowest BCUT2D eigenvalue weighted by atomic mass is 10.0. The van der Waals surface area contributed by atoms with Crippen LogP contribution in [0.25, 0.3) is 0 Å². The molecule has 0 aliphatic carbocycles. The van der Waals surface area contributed by atoms with E-state index in [1.807, 2.05) is 13.8 Å². The highest BCUT2D eigenvalue weighted by atomic mass is 16.8. The molecule has 1 saturated heterocycles. The van der Waals surface area contributed by atoms with Gasteiger partial charge in [-0.05, 0) is 39.0 Å². The summed E-state index contributed by atoms with van der Waals surface area (Å²) >= 11 is 0. The summed E-state index contributed by atoms with van der Waals surface area (Å²) in [6.07, 6.45) is 5.28. The van der Waals surface area contributed by atoms with Gasteiger partial charge in [0.25, 0.3) is 0 Å². The number of allylic oxidation sites excluding steroid dienone is 1. The van der Waals surface area contributed by atoms with Crippen molar-refractivity contribution in [3.8, 4) is 0 Å². The maximum absolute atomic E-state index is 11.3. The van der Waals surface area contributed by atoms with Crippen LogP contribution in [-0.2, 0) is 19.0 Å². The number of aliphatic hydroxyl groups excluding tert-OH is 1. The molecule has 2 atom stereocenters. The minimum absolute atomic E-state index is 0.240. The Labute approximate surface area is 133 Å². The van der Waals surface area contributed by atoms with Crippen LogP contribution < -0.4 is 0 Å². The molecule has 0 amide bonds. The summed E-state index contributed by atoms with van der Waals surface area (Å²) in [5.41, 5.74) is 1.25. The van der Waals surface area contributed by atoms with Crippen molar-refractivity contribution in [1.29, 1.82) is 0 Å². The third-order valence-electron chi connectivity index (χ3n) is 4.01. The van der Waals surface area contributed by atoms with E-state index in [4.69, 9.17) is 19.3 Å². The molecule has 0 aromatic rings. The third-order valence-corrected chi connectivity index (χ3v) is 4.01. The van der Waals surface area contributed by atoms with Crippen LogP contribution in [0.5, 0.6) is 0 Å². The molecule has 0 bridgehead atoms. The molecular formula is C17H30O5. The van der Waals surface area contributed by atoms with E-state index in [-0.39, 0.29) is 12.6 Å². The third kappa shape index (κ3) is 6.46. The number of esters is 1. The highest BCUT2D eigenvalue weighted by molar-refractivity contribution is 5.66. The fourth-order valence-corrected chi connectivity index (χ4v) is 2.52. The normalized spacial score (nSPS) is 20.7. The first kappa shape index (κ1) is 19.1. The van der Waals surface area contributed by atoms with Gasteiger partial charge in [-0.2, -0.15) is 0 Å². The van der Waals surface area contributed by atoms with Crippen LogP contribution in [0.1, 0.15) is 53.4 Å². The Hall–Kier alpha value is -0.910. The van der Waals surface area contributed by atoms with Crippen molar-refractivity contribution in [1.82, 2.24) is 0 Å². The zero-order valence-electron chi connectivity index (χ0n) is 14.3. The van der Waals surface area contributed by atoms with Crippen LogP contribution in [0.2, 0.25) is 0 Å². The van der Waals surface area contributed by atoms with E-state index in [1.165, 1.54) is 12.5 Å². The molecule has 0 aromatic carbocycles. The molecule has 1 fully saturated rings. The second-order valence-corrected chi connectivity index (χ2v) is 6.28. The fraction of sp³-hybridized carbons (Fsp3) is 0.824. The Morgan fingerprint density at radius 1 is 1.36 bits per heavy atom. The maximum Gasteiger partial charge on any atom is 0.303 e. The minimum Gasteiger partial charge on any atom is -0.456 e. The van der Waals surface area contributed by atoms with E-state index < -0.39 is 11.9 Å². The van der Waals surface area contributed by atoms with Crippen molar-refractivity contribution < 1.29 is 24.1 Å². The quantitative estimate of drug-likeness (QED) is 0.524. The van der Waals surface area contributed by atoms with Crippen LogP contribution in [0.4, 0.5) is 0 Å². The molecule has 1 N–H and O–H groups in total. The first-order valence-corrected chi connectivity index (χ1v) is 8.09. The molecule has 0 saturated carbocycles. The van der Waals surface area contributed by atoms with Gasteiger partial charge in [0.05, 0.1) is 13.2 Å². The number of hydrogen-bond donors (Lipinski definition) is 1. The number of aliphatic hydroxyl groups is 1. The van der Waals surface area contributed by atoms with Gasteiger partial charge in [-0.15, -0.1) is 0 Å². The molecule has 0 aromatic heterocycles. The van der Waals surface area contributed by atoms with Crippen LogP contribution >= 0.6 is 0 Å². The van der Waals surface area contributed by atoms with Gasteiger partial charge in [0.2, 0.25) is 5.79 Å². The van der Waals surface area contributed by atoms with E-state index in [9.17, 15) is 4.79 Å². The van der Waals surface area contributed by atoms with Crippen molar-refractivity contribution in [2.75, 3.05) is 19.8 Å². The van der Waals surface area contributed by atoms with Gasteiger partial charge in [0, 0.05) is 20.0 Å².